The minimum Gasteiger partial charge on any atom is -0.313 e. The molecule has 112 valence electrons. The molecule has 2 rings (SSSR count). The average Bonchev–Trinajstić information content (AvgIpc) is 2.54. The molecule has 21 heavy (non-hydrogen) atoms. The largest absolute Gasteiger partial charge is 0.313 e. The molecule has 1 unspecified atom stereocenters. The summed E-state index contributed by atoms with van der Waals surface area (Å²) < 4.78 is 0. The molecule has 0 aromatic carbocycles. The highest BCUT2D eigenvalue weighted by atomic mass is 14.9. The molecule has 0 radical (unpaired) electrons. The van der Waals surface area contributed by atoms with E-state index in [0.717, 1.165) is 37.9 Å². The van der Waals surface area contributed by atoms with E-state index < -0.39 is 0 Å². The number of aromatic nitrogens is 2. The van der Waals surface area contributed by atoms with Gasteiger partial charge in [-0.2, -0.15) is 0 Å². The first-order chi connectivity index (χ1) is 10.3. The van der Waals surface area contributed by atoms with E-state index in [1.54, 1.807) is 0 Å². The third-order valence-corrected chi connectivity index (χ3v) is 3.64. The van der Waals surface area contributed by atoms with Gasteiger partial charge in [0.25, 0.3) is 0 Å². The van der Waals surface area contributed by atoms with Crippen LogP contribution in [0.1, 0.15) is 37.1 Å². The second-order valence-corrected chi connectivity index (χ2v) is 5.43. The van der Waals surface area contributed by atoms with Gasteiger partial charge in [-0.25, -0.2) is 0 Å². The first kappa shape index (κ1) is 15.6. The van der Waals surface area contributed by atoms with Crippen LogP contribution in [0.2, 0.25) is 0 Å². The Bertz CT molecular complexity index is 508. The predicted octanol–water partition coefficient (Wildman–Crippen LogP) is 3.19. The average molecular weight is 283 g/mol. The molecule has 2 aromatic rings. The quantitative estimate of drug-likeness (QED) is 0.808. The maximum atomic E-state index is 4.58. The molecule has 0 bridgehead atoms. The fraction of sp³-hybridized carbons (Fsp3) is 0.444. The van der Waals surface area contributed by atoms with Gasteiger partial charge in [-0.3, -0.25) is 9.97 Å². The number of hydrogen-bond acceptors (Lipinski definition) is 3. The molecule has 0 saturated carbocycles. The molecule has 1 N–H and O–H groups in total. The minimum atomic E-state index is 0.411. The molecule has 3 nitrogen and oxygen atoms in total. The number of nitrogens with zero attached hydrogens (tertiary/aromatic N) is 2. The minimum absolute atomic E-state index is 0.411. The Labute approximate surface area is 127 Å². The summed E-state index contributed by atoms with van der Waals surface area (Å²) >= 11 is 0. The molecule has 0 aliphatic heterocycles. The van der Waals surface area contributed by atoms with E-state index in [-0.39, 0.29) is 0 Å². The van der Waals surface area contributed by atoms with Gasteiger partial charge in [-0.1, -0.05) is 26.0 Å². The van der Waals surface area contributed by atoms with Crippen LogP contribution in [0.5, 0.6) is 0 Å². The lowest BCUT2D eigenvalue weighted by Gasteiger charge is -2.18. The maximum Gasteiger partial charge on any atom is 0.0419 e. The number of nitrogens with one attached hydrogen (secondary N) is 1. The zero-order valence-corrected chi connectivity index (χ0v) is 13.0. The second-order valence-electron chi connectivity index (χ2n) is 5.43. The summed E-state index contributed by atoms with van der Waals surface area (Å²) in [7, 11) is 0. The lowest BCUT2D eigenvalue weighted by Crippen LogP contribution is -2.34. The van der Waals surface area contributed by atoms with E-state index in [0.29, 0.717) is 6.04 Å². The van der Waals surface area contributed by atoms with Crippen molar-refractivity contribution in [3.8, 4) is 0 Å². The number of pyridine rings is 2. The first-order valence-corrected chi connectivity index (χ1v) is 7.88. The van der Waals surface area contributed by atoms with Crippen molar-refractivity contribution in [3.05, 3.63) is 59.7 Å². The van der Waals surface area contributed by atoms with Crippen LogP contribution < -0.4 is 5.32 Å². The fourth-order valence-electron chi connectivity index (χ4n) is 2.41. The van der Waals surface area contributed by atoms with Crippen molar-refractivity contribution in [3.63, 3.8) is 0 Å². The maximum absolute atomic E-state index is 4.58. The zero-order chi connectivity index (χ0) is 14.9. The van der Waals surface area contributed by atoms with Crippen LogP contribution in [0.4, 0.5) is 0 Å². The first-order valence-electron chi connectivity index (χ1n) is 7.88. The van der Waals surface area contributed by atoms with Crippen molar-refractivity contribution >= 4 is 0 Å². The summed E-state index contributed by atoms with van der Waals surface area (Å²) in [6.45, 7) is 5.39. The van der Waals surface area contributed by atoms with E-state index in [1.807, 2.05) is 24.7 Å². The van der Waals surface area contributed by atoms with Gasteiger partial charge < -0.3 is 5.32 Å². The summed E-state index contributed by atoms with van der Waals surface area (Å²) in [5, 5.41) is 3.63. The molecule has 0 amide bonds. The van der Waals surface area contributed by atoms with Gasteiger partial charge >= 0.3 is 0 Å². The predicted molar refractivity (Wildman–Crippen MR) is 87.3 cm³/mol. The van der Waals surface area contributed by atoms with Crippen molar-refractivity contribution in [2.24, 2.45) is 0 Å². The van der Waals surface area contributed by atoms with Crippen LogP contribution in [0.15, 0.2) is 42.9 Å². The van der Waals surface area contributed by atoms with Gasteiger partial charge in [-0.05, 0) is 49.1 Å². The SMILES string of the molecule is CCCNC(Cc1cccnc1)Cc1ccc(CC)cn1. The van der Waals surface area contributed by atoms with Crippen molar-refractivity contribution in [2.75, 3.05) is 6.54 Å². The van der Waals surface area contributed by atoms with Crippen molar-refractivity contribution in [2.45, 2.75) is 45.6 Å². The molecule has 0 spiro atoms. The smallest absolute Gasteiger partial charge is 0.0419 e. The Balaban J connectivity index is 2.00. The Morgan fingerprint density at radius 2 is 1.95 bits per heavy atom. The molecule has 3 heteroatoms. The standard InChI is InChI=1S/C18H25N3/c1-3-9-20-18(11-16-6-5-10-19-13-16)12-17-8-7-15(4-2)14-21-17/h5-8,10,13-14,18,20H,3-4,9,11-12H2,1-2H3. The highest BCUT2D eigenvalue weighted by Gasteiger charge is 2.11. The van der Waals surface area contributed by atoms with Crippen molar-refractivity contribution < 1.29 is 0 Å². The van der Waals surface area contributed by atoms with Crippen molar-refractivity contribution in [1.82, 2.24) is 15.3 Å². The Morgan fingerprint density at radius 3 is 2.57 bits per heavy atom. The topological polar surface area (TPSA) is 37.8 Å². The normalized spacial score (nSPS) is 12.3. The Morgan fingerprint density at radius 1 is 1.05 bits per heavy atom. The Hall–Kier alpha value is -1.74. The highest BCUT2D eigenvalue weighted by molar-refractivity contribution is 5.16. The van der Waals surface area contributed by atoms with E-state index in [1.165, 1.54) is 11.1 Å². The van der Waals surface area contributed by atoms with E-state index >= 15 is 0 Å². The lowest BCUT2D eigenvalue weighted by molar-refractivity contribution is 0.500. The van der Waals surface area contributed by atoms with Gasteiger partial charge in [0.15, 0.2) is 0 Å². The summed E-state index contributed by atoms with van der Waals surface area (Å²) in [6.07, 6.45) is 9.91. The molecular weight excluding hydrogens is 258 g/mol. The van der Waals surface area contributed by atoms with Crippen LogP contribution >= 0.6 is 0 Å². The van der Waals surface area contributed by atoms with E-state index in [4.69, 9.17) is 0 Å². The molecule has 2 heterocycles. The van der Waals surface area contributed by atoms with Crippen LogP contribution in [0, 0.1) is 0 Å². The summed E-state index contributed by atoms with van der Waals surface area (Å²) in [6, 6.07) is 8.89. The summed E-state index contributed by atoms with van der Waals surface area (Å²) in [4.78, 5) is 8.79. The van der Waals surface area contributed by atoms with Crippen LogP contribution in [-0.2, 0) is 19.3 Å². The summed E-state index contributed by atoms with van der Waals surface area (Å²) in [5.74, 6) is 0. The number of rotatable bonds is 8. The van der Waals surface area contributed by atoms with E-state index in [2.05, 4.69) is 47.3 Å². The van der Waals surface area contributed by atoms with Gasteiger partial charge in [-0.15, -0.1) is 0 Å². The number of hydrogen-bond donors (Lipinski definition) is 1. The molecule has 0 saturated heterocycles. The van der Waals surface area contributed by atoms with Crippen molar-refractivity contribution in [1.29, 1.82) is 0 Å². The lowest BCUT2D eigenvalue weighted by atomic mass is 10.0. The summed E-state index contributed by atoms with van der Waals surface area (Å²) in [5.41, 5.74) is 3.73. The molecule has 2 aromatic heterocycles. The fourth-order valence-corrected chi connectivity index (χ4v) is 2.41. The van der Waals surface area contributed by atoms with Gasteiger partial charge in [0, 0.05) is 36.7 Å². The van der Waals surface area contributed by atoms with Gasteiger partial charge in [0.05, 0.1) is 0 Å². The molecule has 0 aliphatic rings. The van der Waals surface area contributed by atoms with Crippen LogP contribution in [0.25, 0.3) is 0 Å². The number of aryl methyl sites for hydroxylation is 1. The van der Waals surface area contributed by atoms with E-state index in [9.17, 15) is 0 Å². The third-order valence-electron chi connectivity index (χ3n) is 3.64. The highest BCUT2D eigenvalue weighted by Crippen LogP contribution is 2.08. The Kier molecular flexibility index (Phi) is 6.35. The monoisotopic (exact) mass is 283 g/mol. The van der Waals surface area contributed by atoms with Crippen LogP contribution in [0.3, 0.4) is 0 Å². The molecule has 0 fully saturated rings. The van der Waals surface area contributed by atoms with Gasteiger partial charge in [0.2, 0.25) is 0 Å². The second kappa shape index (κ2) is 8.53. The van der Waals surface area contributed by atoms with Gasteiger partial charge in [0.1, 0.15) is 0 Å². The molecule has 0 aliphatic carbocycles. The van der Waals surface area contributed by atoms with Crippen LogP contribution in [-0.4, -0.2) is 22.6 Å². The zero-order valence-electron chi connectivity index (χ0n) is 13.0. The molecule has 1 atom stereocenters. The molecular formula is C18H25N3. The third kappa shape index (κ3) is 5.27.